The van der Waals surface area contributed by atoms with Gasteiger partial charge in [-0.25, -0.2) is 0 Å². The number of esters is 2. The summed E-state index contributed by atoms with van der Waals surface area (Å²) in [6.07, 6.45) is -0.0751. The summed E-state index contributed by atoms with van der Waals surface area (Å²) in [6, 6.07) is 16.7. The van der Waals surface area contributed by atoms with Gasteiger partial charge in [0.05, 0.1) is 0 Å². The summed E-state index contributed by atoms with van der Waals surface area (Å²) in [5.74, 6) is -4.52. The molecule has 0 aromatic heterocycles. The molecule has 27 heavy (non-hydrogen) atoms. The van der Waals surface area contributed by atoms with Gasteiger partial charge in [0.25, 0.3) is 5.79 Å². The number of hydrogen-bond acceptors (Lipinski definition) is 6. The summed E-state index contributed by atoms with van der Waals surface area (Å²) in [7, 11) is 0. The van der Waals surface area contributed by atoms with Gasteiger partial charge in [0.15, 0.2) is 5.78 Å². The van der Waals surface area contributed by atoms with E-state index in [1.807, 2.05) is 30.3 Å². The number of rotatable bonds is 6. The molecule has 1 aliphatic rings. The van der Waals surface area contributed by atoms with Crippen molar-refractivity contribution >= 4 is 17.7 Å². The first-order valence-corrected chi connectivity index (χ1v) is 8.58. The molecule has 6 nitrogen and oxygen atoms in total. The second-order valence-corrected chi connectivity index (χ2v) is 6.74. The van der Waals surface area contributed by atoms with Crippen LogP contribution in [0.2, 0.25) is 0 Å². The third-order valence-corrected chi connectivity index (χ3v) is 4.04. The SMILES string of the molecule is CC1(C)OC(=O)C(C(=O)Cc2ccc(OCc3ccccc3)cc2)C(=O)O1. The molecule has 0 N–H and O–H groups in total. The summed E-state index contributed by atoms with van der Waals surface area (Å²) in [4.78, 5) is 36.3. The van der Waals surface area contributed by atoms with Crippen molar-refractivity contribution in [2.75, 3.05) is 0 Å². The molecule has 0 spiro atoms. The first kappa shape index (κ1) is 18.6. The van der Waals surface area contributed by atoms with E-state index in [-0.39, 0.29) is 6.42 Å². The second-order valence-electron chi connectivity index (χ2n) is 6.74. The molecule has 0 atom stereocenters. The van der Waals surface area contributed by atoms with Crippen molar-refractivity contribution in [3.05, 3.63) is 65.7 Å². The smallest absolute Gasteiger partial charge is 0.331 e. The second kappa shape index (κ2) is 7.61. The highest BCUT2D eigenvalue weighted by molar-refractivity contribution is 6.16. The minimum Gasteiger partial charge on any atom is -0.489 e. The Hall–Kier alpha value is -3.15. The molecule has 1 saturated heterocycles. The van der Waals surface area contributed by atoms with Crippen molar-refractivity contribution in [3.8, 4) is 5.75 Å². The number of carbonyl (C=O) groups is 3. The van der Waals surface area contributed by atoms with Crippen molar-refractivity contribution in [2.45, 2.75) is 32.7 Å². The largest absolute Gasteiger partial charge is 0.489 e. The Bertz CT molecular complexity index is 819. The average molecular weight is 368 g/mol. The maximum absolute atomic E-state index is 12.4. The molecule has 0 aliphatic carbocycles. The molecule has 2 aromatic carbocycles. The molecule has 0 saturated carbocycles. The molecule has 3 rings (SSSR count). The Morgan fingerprint density at radius 2 is 1.52 bits per heavy atom. The van der Waals surface area contributed by atoms with Crippen molar-refractivity contribution < 1.29 is 28.6 Å². The first-order chi connectivity index (χ1) is 12.8. The van der Waals surface area contributed by atoms with Gasteiger partial charge in [-0.05, 0) is 23.3 Å². The summed E-state index contributed by atoms with van der Waals surface area (Å²) < 4.78 is 15.7. The lowest BCUT2D eigenvalue weighted by atomic mass is 9.97. The van der Waals surface area contributed by atoms with Crippen LogP contribution >= 0.6 is 0 Å². The van der Waals surface area contributed by atoms with Crippen molar-refractivity contribution in [1.82, 2.24) is 0 Å². The fraction of sp³-hybridized carbons (Fsp3) is 0.286. The maximum Gasteiger partial charge on any atom is 0.331 e. The minimum atomic E-state index is -1.54. The number of ether oxygens (including phenoxy) is 3. The lowest BCUT2D eigenvalue weighted by Crippen LogP contribution is -2.49. The van der Waals surface area contributed by atoms with E-state index in [9.17, 15) is 14.4 Å². The normalized spacial score (nSPS) is 16.4. The Balaban J connectivity index is 1.58. The van der Waals surface area contributed by atoms with E-state index in [0.29, 0.717) is 17.9 Å². The lowest BCUT2D eigenvalue weighted by molar-refractivity contribution is -0.238. The van der Waals surface area contributed by atoms with Crippen LogP contribution in [0.5, 0.6) is 5.75 Å². The number of Topliss-reactive ketones (excluding diaryl/α,β-unsaturated/α-hetero) is 1. The molecule has 1 heterocycles. The molecule has 0 bridgehead atoms. The zero-order valence-electron chi connectivity index (χ0n) is 15.1. The Morgan fingerprint density at radius 1 is 0.926 bits per heavy atom. The summed E-state index contributed by atoms with van der Waals surface area (Å²) in [6.45, 7) is 3.32. The maximum atomic E-state index is 12.4. The standard InChI is InChI=1S/C21H20O6/c1-21(2)26-19(23)18(20(24)27-21)17(22)12-14-8-10-16(11-9-14)25-13-15-6-4-3-5-7-15/h3-11,18H,12-13H2,1-2H3. The highest BCUT2D eigenvalue weighted by Gasteiger charge is 2.46. The third kappa shape index (κ3) is 4.73. The van der Waals surface area contributed by atoms with Gasteiger partial charge in [-0.3, -0.25) is 14.4 Å². The fourth-order valence-corrected chi connectivity index (χ4v) is 2.73. The van der Waals surface area contributed by atoms with Crippen LogP contribution in [0.3, 0.4) is 0 Å². The highest BCUT2D eigenvalue weighted by atomic mass is 16.7. The minimum absolute atomic E-state index is 0.0751. The molecule has 1 fully saturated rings. The number of cyclic esters (lactones) is 2. The number of carbonyl (C=O) groups excluding carboxylic acids is 3. The number of benzene rings is 2. The molecule has 0 radical (unpaired) electrons. The van der Waals surface area contributed by atoms with Crippen LogP contribution in [-0.2, 0) is 36.9 Å². The van der Waals surface area contributed by atoms with E-state index in [1.54, 1.807) is 24.3 Å². The van der Waals surface area contributed by atoms with Crippen molar-refractivity contribution in [2.24, 2.45) is 5.92 Å². The van der Waals surface area contributed by atoms with Gasteiger partial charge in [-0.15, -0.1) is 0 Å². The first-order valence-electron chi connectivity index (χ1n) is 8.58. The van der Waals surface area contributed by atoms with Crippen LogP contribution in [0.1, 0.15) is 25.0 Å². The number of ketones is 1. The zero-order chi connectivity index (χ0) is 19.4. The molecular weight excluding hydrogens is 348 g/mol. The lowest BCUT2D eigenvalue weighted by Gasteiger charge is -2.32. The average Bonchev–Trinajstić information content (AvgIpc) is 2.60. The highest BCUT2D eigenvalue weighted by Crippen LogP contribution is 2.25. The van der Waals surface area contributed by atoms with Crippen molar-refractivity contribution in [1.29, 1.82) is 0 Å². The molecule has 140 valence electrons. The van der Waals surface area contributed by atoms with Crippen LogP contribution in [0.25, 0.3) is 0 Å². The van der Waals surface area contributed by atoms with Gasteiger partial charge in [0.2, 0.25) is 5.92 Å². The quantitative estimate of drug-likeness (QED) is 0.576. The van der Waals surface area contributed by atoms with E-state index < -0.39 is 29.4 Å². The molecule has 2 aromatic rings. The van der Waals surface area contributed by atoms with Gasteiger partial charge in [0.1, 0.15) is 12.4 Å². The molecule has 0 unspecified atom stereocenters. The Kier molecular flexibility index (Phi) is 5.26. The topological polar surface area (TPSA) is 78.9 Å². The zero-order valence-corrected chi connectivity index (χ0v) is 15.1. The third-order valence-electron chi connectivity index (χ3n) is 4.04. The van der Waals surface area contributed by atoms with E-state index in [0.717, 1.165) is 5.56 Å². The Morgan fingerprint density at radius 3 is 2.11 bits per heavy atom. The monoisotopic (exact) mass is 368 g/mol. The van der Waals surface area contributed by atoms with E-state index >= 15 is 0 Å². The summed E-state index contributed by atoms with van der Waals surface area (Å²) in [5, 5.41) is 0. The van der Waals surface area contributed by atoms with E-state index in [1.165, 1.54) is 13.8 Å². The number of hydrogen-bond donors (Lipinski definition) is 0. The molecule has 1 aliphatic heterocycles. The van der Waals surface area contributed by atoms with E-state index in [2.05, 4.69) is 0 Å². The van der Waals surface area contributed by atoms with Crippen molar-refractivity contribution in [3.63, 3.8) is 0 Å². The predicted octanol–water partition coefficient (Wildman–Crippen LogP) is 2.83. The Labute approximate surface area is 157 Å². The van der Waals surface area contributed by atoms with Gasteiger partial charge in [0, 0.05) is 20.3 Å². The van der Waals surface area contributed by atoms with Gasteiger partial charge in [-0.1, -0.05) is 42.5 Å². The van der Waals surface area contributed by atoms with Crippen LogP contribution in [0, 0.1) is 5.92 Å². The summed E-state index contributed by atoms with van der Waals surface area (Å²) >= 11 is 0. The van der Waals surface area contributed by atoms with Crippen LogP contribution in [-0.4, -0.2) is 23.5 Å². The predicted molar refractivity (Wildman–Crippen MR) is 95.7 cm³/mol. The van der Waals surface area contributed by atoms with E-state index in [4.69, 9.17) is 14.2 Å². The van der Waals surface area contributed by atoms with Gasteiger partial charge < -0.3 is 14.2 Å². The van der Waals surface area contributed by atoms with Crippen LogP contribution in [0.15, 0.2) is 54.6 Å². The van der Waals surface area contributed by atoms with Gasteiger partial charge in [-0.2, -0.15) is 0 Å². The molecular formula is C21H20O6. The molecule has 6 heteroatoms. The van der Waals surface area contributed by atoms with Gasteiger partial charge >= 0.3 is 11.9 Å². The fourth-order valence-electron chi connectivity index (χ4n) is 2.73. The molecule has 0 amide bonds. The van der Waals surface area contributed by atoms with Crippen LogP contribution < -0.4 is 4.74 Å². The summed E-state index contributed by atoms with van der Waals surface area (Å²) in [5.41, 5.74) is 1.71. The van der Waals surface area contributed by atoms with Crippen LogP contribution in [0.4, 0.5) is 0 Å².